The Hall–Kier alpha value is -2.47. The predicted molar refractivity (Wildman–Crippen MR) is 74.5 cm³/mol. The van der Waals surface area contributed by atoms with Gasteiger partial charge < -0.3 is 10.3 Å². The number of hydrogen-bond acceptors (Lipinski definition) is 4. The van der Waals surface area contributed by atoms with E-state index >= 15 is 0 Å². The molecule has 1 aromatic carbocycles. The minimum absolute atomic E-state index is 0.0218. The molecular weight excluding hydrogens is 300 g/mol. The summed E-state index contributed by atoms with van der Waals surface area (Å²) in [5, 5.41) is 3.51. The van der Waals surface area contributed by atoms with Gasteiger partial charge in [0.15, 0.2) is 17.4 Å². The SMILES string of the molecule is Nc1noc(-c2ccncc2F)c1-c1cccc(Cl)c1F. The quantitative estimate of drug-likeness (QED) is 0.779. The average Bonchev–Trinajstić information content (AvgIpc) is 2.84. The molecule has 2 N–H and O–H groups in total. The molecule has 0 atom stereocenters. The predicted octanol–water partition coefficient (Wildman–Crippen LogP) is 3.92. The Bertz CT molecular complexity index is 820. The summed E-state index contributed by atoms with van der Waals surface area (Å²) in [6.45, 7) is 0. The van der Waals surface area contributed by atoms with E-state index in [2.05, 4.69) is 10.1 Å². The third-order valence-corrected chi connectivity index (χ3v) is 3.25. The van der Waals surface area contributed by atoms with Gasteiger partial charge in [-0.3, -0.25) is 4.98 Å². The van der Waals surface area contributed by atoms with Crippen molar-refractivity contribution < 1.29 is 13.3 Å². The average molecular weight is 308 g/mol. The van der Waals surface area contributed by atoms with Crippen molar-refractivity contribution in [2.24, 2.45) is 0 Å². The van der Waals surface area contributed by atoms with Crippen LogP contribution in [0.4, 0.5) is 14.6 Å². The highest BCUT2D eigenvalue weighted by Gasteiger charge is 2.23. The van der Waals surface area contributed by atoms with Gasteiger partial charge in [-0.25, -0.2) is 8.78 Å². The van der Waals surface area contributed by atoms with Crippen molar-refractivity contribution in [3.63, 3.8) is 0 Å². The van der Waals surface area contributed by atoms with E-state index in [9.17, 15) is 8.78 Å². The van der Waals surface area contributed by atoms with Crippen LogP contribution in [0.15, 0.2) is 41.2 Å². The van der Waals surface area contributed by atoms with Gasteiger partial charge in [0.25, 0.3) is 0 Å². The number of nitrogens with zero attached hydrogens (tertiary/aromatic N) is 2. The molecule has 3 rings (SSSR count). The van der Waals surface area contributed by atoms with Crippen LogP contribution < -0.4 is 5.73 Å². The van der Waals surface area contributed by atoms with Crippen molar-refractivity contribution in [3.05, 3.63) is 53.3 Å². The van der Waals surface area contributed by atoms with Gasteiger partial charge >= 0.3 is 0 Å². The molecule has 7 heteroatoms. The maximum atomic E-state index is 14.2. The van der Waals surface area contributed by atoms with Crippen LogP contribution in [0.1, 0.15) is 0 Å². The maximum absolute atomic E-state index is 14.2. The number of hydrogen-bond donors (Lipinski definition) is 1. The highest BCUT2D eigenvalue weighted by Crippen LogP contribution is 2.39. The van der Waals surface area contributed by atoms with Crippen molar-refractivity contribution >= 4 is 17.4 Å². The first-order chi connectivity index (χ1) is 10.1. The van der Waals surface area contributed by atoms with E-state index < -0.39 is 11.6 Å². The minimum Gasteiger partial charge on any atom is -0.380 e. The van der Waals surface area contributed by atoms with E-state index in [4.69, 9.17) is 21.9 Å². The van der Waals surface area contributed by atoms with Crippen LogP contribution in [0.3, 0.4) is 0 Å². The summed E-state index contributed by atoms with van der Waals surface area (Å²) in [6.07, 6.45) is 2.40. The van der Waals surface area contributed by atoms with E-state index in [1.54, 1.807) is 6.07 Å². The molecule has 3 aromatic rings. The molecule has 0 amide bonds. The Balaban J connectivity index is 2.28. The summed E-state index contributed by atoms with van der Waals surface area (Å²) in [7, 11) is 0. The normalized spacial score (nSPS) is 10.8. The van der Waals surface area contributed by atoms with Gasteiger partial charge in [0, 0.05) is 11.8 Å². The lowest BCUT2D eigenvalue weighted by Crippen LogP contribution is -1.93. The lowest BCUT2D eigenvalue weighted by molar-refractivity contribution is 0.433. The molecule has 4 nitrogen and oxygen atoms in total. The Morgan fingerprint density at radius 2 is 1.95 bits per heavy atom. The number of halogens is 3. The molecule has 21 heavy (non-hydrogen) atoms. The van der Waals surface area contributed by atoms with Crippen molar-refractivity contribution in [2.45, 2.75) is 0 Å². The van der Waals surface area contributed by atoms with E-state index in [0.717, 1.165) is 6.20 Å². The summed E-state index contributed by atoms with van der Waals surface area (Å²) >= 11 is 5.76. The fraction of sp³-hybridized carbons (Fsp3) is 0. The molecule has 0 fully saturated rings. The highest BCUT2D eigenvalue weighted by molar-refractivity contribution is 6.31. The van der Waals surface area contributed by atoms with E-state index in [1.807, 2.05) is 0 Å². The summed E-state index contributed by atoms with van der Waals surface area (Å²) < 4.78 is 33.1. The molecule has 0 aliphatic heterocycles. The molecule has 0 saturated carbocycles. The van der Waals surface area contributed by atoms with Gasteiger partial charge in [0.05, 0.1) is 22.3 Å². The Morgan fingerprint density at radius 1 is 1.14 bits per heavy atom. The fourth-order valence-electron chi connectivity index (χ4n) is 2.00. The minimum atomic E-state index is -0.676. The van der Waals surface area contributed by atoms with Gasteiger partial charge in [-0.05, 0) is 12.1 Å². The number of benzene rings is 1. The monoisotopic (exact) mass is 307 g/mol. The van der Waals surface area contributed by atoms with Gasteiger partial charge in [-0.1, -0.05) is 28.9 Å². The van der Waals surface area contributed by atoms with Crippen molar-refractivity contribution in [1.29, 1.82) is 0 Å². The first-order valence-electron chi connectivity index (χ1n) is 5.89. The molecular formula is C14H8ClF2N3O. The van der Waals surface area contributed by atoms with Crippen LogP contribution in [-0.4, -0.2) is 10.1 Å². The van der Waals surface area contributed by atoms with Crippen LogP contribution in [0, 0.1) is 11.6 Å². The Labute approximate surface area is 123 Å². The van der Waals surface area contributed by atoms with Crippen molar-refractivity contribution in [1.82, 2.24) is 10.1 Å². The number of anilines is 1. The summed E-state index contributed by atoms with van der Waals surface area (Å²) in [5.41, 5.74) is 6.06. The Morgan fingerprint density at radius 3 is 2.71 bits per heavy atom. The molecule has 0 unspecified atom stereocenters. The maximum Gasteiger partial charge on any atom is 0.180 e. The van der Waals surface area contributed by atoms with Crippen LogP contribution in [0.2, 0.25) is 5.02 Å². The molecule has 106 valence electrons. The van der Waals surface area contributed by atoms with Crippen LogP contribution in [-0.2, 0) is 0 Å². The van der Waals surface area contributed by atoms with E-state index in [0.29, 0.717) is 0 Å². The van der Waals surface area contributed by atoms with Gasteiger partial charge in [0.1, 0.15) is 5.82 Å². The molecule has 2 aromatic heterocycles. The largest absolute Gasteiger partial charge is 0.380 e. The molecule has 2 heterocycles. The summed E-state index contributed by atoms with van der Waals surface area (Å²) in [5.74, 6) is -1.34. The number of aromatic nitrogens is 2. The number of nitrogens with two attached hydrogens (primary N) is 1. The third kappa shape index (κ3) is 2.23. The Kier molecular flexibility index (Phi) is 3.31. The van der Waals surface area contributed by atoms with Crippen LogP contribution in [0.5, 0.6) is 0 Å². The summed E-state index contributed by atoms with van der Waals surface area (Å²) in [6, 6.07) is 5.81. The molecule has 0 spiro atoms. The molecule has 0 aliphatic rings. The topological polar surface area (TPSA) is 64.9 Å². The second-order valence-electron chi connectivity index (χ2n) is 4.23. The molecule has 0 bridgehead atoms. The fourth-order valence-corrected chi connectivity index (χ4v) is 2.18. The molecule has 0 saturated heterocycles. The first-order valence-corrected chi connectivity index (χ1v) is 6.26. The molecule has 0 radical (unpaired) electrons. The number of pyridine rings is 1. The lowest BCUT2D eigenvalue weighted by Gasteiger charge is -2.05. The highest BCUT2D eigenvalue weighted by atomic mass is 35.5. The smallest absolute Gasteiger partial charge is 0.180 e. The zero-order valence-electron chi connectivity index (χ0n) is 10.5. The van der Waals surface area contributed by atoms with Gasteiger partial charge in [-0.2, -0.15) is 0 Å². The van der Waals surface area contributed by atoms with Crippen molar-refractivity contribution in [2.75, 3.05) is 5.73 Å². The zero-order chi connectivity index (χ0) is 15.0. The van der Waals surface area contributed by atoms with Gasteiger partial charge in [-0.15, -0.1) is 0 Å². The lowest BCUT2D eigenvalue weighted by atomic mass is 10.0. The zero-order valence-corrected chi connectivity index (χ0v) is 11.2. The van der Waals surface area contributed by atoms with Crippen molar-refractivity contribution in [3.8, 4) is 22.5 Å². The van der Waals surface area contributed by atoms with E-state index in [1.165, 1.54) is 24.4 Å². The standard InChI is InChI=1S/C14H8ClF2N3O/c15-9-3-1-2-8(12(9)17)11-13(21-20-14(11)18)7-4-5-19-6-10(7)16/h1-6H,(H2,18,20). The number of rotatable bonds is 2. The van der Waals surface area contributed by atoms with E-state index in [-0.39, 0.29) is 33.3 Å². The first kappa shape index (κ1) is 13.5. The summed E-state index contributed by atoms with van der Waals surface area (Å²) in [4.78, 5) is 3.65. The second kappa shape index (κ2) is 5.14. The number of nitrogen functional groups attached to an aromatic ring is 1. The second-order valence-corrected chi connectivity index (χ2v) is 4.64. The van der Waals surface area contributed by atoms with Crippen LogP contribution >= 0.6 is 11.6 Å². The van der Waals surface area contributed by atoms with Gasteiger partial charge in [0.2, 0.25) is 0 Å². The molecule has 0 aliphatic carbocycles. The third-order valence-electron chi connectivity index (χ3n) is 2.96. The van der Waals surface area contributed by atoms with Crippen LogP contribution in [0.25, 0.3) is 22.5 Å².